The number of alkyl halides is 1. The summed E-state index contributed by atoms with van der Waals surface area (Å²) in [6.07, 6.45) is 0. The molecular weight excluding hydrogens is 390 g/mol. The molecule has 1 aromatic rings. The van der Waals surface area contributed by atoms with E-state index in [1.165, 1.54) is 29.9 Å². The van der Waals surface area contributed by atoms with Gasteiger partial charge in [-0.15, -0.1) is 22.9 Å². The van der Waals surface area contributed by atoms with Crippen LogP contribution in [-0.2, 0) is 25.4 Å². The summed E-state index contributed by atoms with van der Waals surface area (Å²) in [5.74, 6) is 0.287. The van der Waals surface area contributed by atoms with Crippen molar-refractivity contribution in [2.75, 3.05) is 40.5 Å². The van der Waals surface area contributed by atoms with Gasteiger partial charge in [0.1, 0.15) is 4.90 Å². The second kappa shape index (κ2) is 8.67. The van der Waals surface area contributed by atoms with Crippen LogP contribution in [0.15, 0.2) is 14.7 Å². The van der Waals surface area contributed by atoms with Gasteiger partial charge < -0.3 is 9.47 Å². The molecule has 5 nitrogen and oxygen atoms in total. The van der Waals surface area contributed by atoms with Gasteiger partial charge in [-0.05, 0) is 22.0 Å². The lowest BCUT2D eigenvalue weighted by Gasteiger charge is -2.21. The third-order valence-electron chi connectivity index (χ3n) is 2.55. The Morgan fingerprint density at radius 2 is 1.85 bits per heavy atom. The van der Waals surface area contributed by atoms with E-state index in [-0.39, 0.29) is 23.9 Å². The summed E-state index contributed by atoms with van der Waals surface area (Å²) in [7, 11) is -0.517. The van der Waals surface area contributed by atoms with Crippen LogP contribution in [0.1, 0.15) is 4.88 Å². The van der Waals surface area contributed by atoms with Gasteiger partial charge >= 0.3 is 0 Å². The van der Waals surface area contributed by atoms with E-state index in [2.05, 4.69) is 15.9 Å². The molecule has 1 rings (SSSR count). The molecule has 0 amide bonds. The molecule has 0 N–H and O–H groups in total. The summed E-state index contributed by atoms with van der Waals surface area (Å²) in [6.45, 7) is 1.21. The molecule has 0 aliphatic rings. The number of hydrogen-bond donors (Lipinski definition) is 0. The van der Waals surface area contributed by atoms with E-state index in [4.69, 9.17) is 21.1 Å². The van der Waals surface area contributed by atoms with Crippen molar-refractivity contribution in [2.45, 2.75) is 10.8 Å². The Bertz CT molecular complexity index is 512. The molecule has 1 heterocycles. The minimum absolute atomic E-state index is 0.241. The van der Waals surface area contributed by atoms with Crippen molar-refractivity contribution < 1.29 is 17.9 Å². The van der Waals surface area contributed by atoms with E-state index in [0.29, 0.717) is 17.0 Å². The number of rotatable bonds is 9. The van der Waals surface area contributed by atoms with Gasteiger partial charge in [0, 0.05) is 32.2 Å². The molecule has 0 atom stereocenters. The average molecular weight is 407 g/mol. The van der Waals surface area contributed by atoms with Crippen LogP contribution in [0.5, 0.6) is 0 Å². The first-order valence-corrected chi connectivity index (χ1v) is 9.38. The van der Waals surface area contributed by atoms with Crippen LogP contribution in [-0.4, -0.2) is 53.2 Å². The summed E-state index contributed by atoms with van der Waals surface area (Å²) < 4.78 is 37.1. The van der Waals surface area contributed by atoms with Crippen LogP contribution in [0.4, 0.5) is 0 Å². The van der Waals surface area contributed by atoms with Gasteiger partial charge in [-0.3, -0.25) is 0 Å². The fourth-order valence-corrected chi connectivity index (χ4v) is 5.65. The highest BCUT2D eigenvalue weighted by Gasteiger charge is 2.28. The highest BCUT2D eigenvalue weighted by molar-refractivity contribution is 9.11. The van der Waals surface area contributed by atoms with Crippen LogP contribution < -0.4 is 0 Å². The molecule has 0 spiro atoms. The number of nitrogens with zero attached hydrogens (tertiary/aromatic N) is 1. The largest absolute Gasteiger partial charge is 0.383 e. The standard InChI is InChI=1S/C11H17BrClNO4S2/c1-17-5-3-14(4-6-18-2)20(15,16)10-7-9(8-13)19-11(10)12/h7H,3-6,8H2,1-2H3. The minimum atomic E-state index is -3.59. The number of halogens is 2. The van der Waals surface area contributed by atoms with Crippen molar-refractivity contribution in [1.82, 2.24) is 4.31 Å². The lowest BCUT2D eigenvalue weighted by atomic mass is 10.5. The molecule has 0 aliphatic carbocycles. The Balaban J connectivity index is 3.03. The van der Waals surface area contributed by atoms with E-state index in [1.807, 2.05) is 0 Å². The zero-order valence-corrected chi connectivity index (χ0v) is 15.2. The van der Waals surface area contributed by atoms with Gasteiger partial charge in [0.05, 0.1) is 22.9 Å². The summed E-state index contributed by atoms with van der Waals surface area (Å²) >= 11 is 10.4. The van der Waals surface area contributed by atoms with Crippen molar-refractivity contribution in [3.63, 3.8) is 0 Å². The zero-order valence-electron chi connectivity index (χ0n) is 11.3. The SMILES string of the molecule is COCCN(CCOC)S(=O)(=O)c1cc(CCl)sc1Br. The third-order valence-corrected chi connectivity index (χ3v) is 7.14. The smallest absolute Gasteiger partial charge is 0.245 e. The lowest BCUT2D eigenvalue weighted by Crippen LogP contribution is -2.36. The zero-order chi connectivity index (χ0) is 15.2. The van der Waals surface area contributed by atoms with Crippen LogP contribution in [0, 0.1) is 0 Å². The second-order valence-corrected chi connectivity index (χ2v) is 8.50. The number of ether oxygens (including phenoxy) is 2. The minimum Gasteiger partial charge on any atom is -0.383 e. The lowest BCUT2D eigenvalue weighted by molar-refractivity contribution is 0.150. The molecule has 0 saturated heterocycles. The van der Waals surface area contributed by atoms with Gasteiger partial charge in [-0.1, -0.05) is 0 Å². The maximum absolute atomic E-state index is 12.6. The Labute approximate surface area is 137 Å². The Morgan fingerprint density at radius 1 is 1.30 bits per heavy atom. The van der Waals surface area contributed by atoms with Crippen molar-refractivity contribution in [3.05, 3.63) is 14.7 Å². The molecule has 0 radical (unpaired) electrons. The molecule has 0 bridgehead atoms. The van der Waals surface area contributed by atoms with Crippen LogP contribution in [0.3, 0.4) is 0 Å². The molecule has 0 fully saturated rings. The first-order chi connectivity index (χ1) is 9.47. The highest BCUT2D eigenvalue weighted by Crippen LogP contribution is 2.34. The van der Waals surface area contributed by atoms with Gasteiger partial charge in [0.15, 0.2) is 0 Å². The molecule has 0 aliphatic heterocycles. The molecule has 1 aromatic heterocycles. The predicted molar refractivity (Wildman–Crippen MR) is 84.1 cm³/mol. The van der Waals surface area contributed by atoms with E-state index in [9.17, 15) is 8.42 Å². The fraction of sp³-hybridized carbons (Fsp3) is 0.636. The normalized spacial score (nSPS) is 12.2. The third kappa shape index (κ3) is 4.66. The second-order valence-electron chi connectivity index (χ2n) is 3.87. The fourth-order valence-electron chi connectivity index (χ4n) is 1.52. The maximum atomic E-state index is 12.6. The first-order valence-electron chi connectivity index (χ1n) is 5.79. The highest BCUT2D eigenvalue weighted by atomic mass is 79.9. The Morgan fingerprint density at radius 3 is 2.25 bits per heavy atom. The molecule has 0 saturated carbocycles. The van der Waals surface area contributed by atoms with Gasteiger partial charge in [-0.2, -0.15) is 4.31 Å². The first kappa shape index (κ1) is 18.3. The van der Waals surface area contributed by atoms with Crippen molar-refractivity contribution in [2.24, 2.45) is 0 Å². The van der Waals surface area contributed by atoms with Crippen molar-refractivity contribution in [1.29, 1.82) is 0 Å². The number of sulfonamides is 1. The maximum Gasteiger partial charge on any atom is 0.245 e. The Kier molecular flexibility index (Phi) is 7.96. The van der Waals surface area contributed by atoms with Gasteiger partial charge in [-0.25, -0.2) is 8.42 Å². The van der Waals surface area contributed by atoms with E-state index in [1.54, 1.807) is 6.07 Å². The van der Waals surface area contributed by atoms with Crippen LogP contribution >= 0.6 is 38.9 Å². The summed E-state index contributed by atoms with van der Waals surface area (Å²) in [6, 6.07) is 1.60. The van der Waals surface area contributed by atoms with E-state index in [0.717, 1.165) is 4.88 Å². The number of hydrogen-bond acceptors (Lipinski definition) is 5. The van der Waals surface area contributed by atoms with Gasteiger partial charge in [0.2, 0.25) is 10.0 Å². The summed E-state index contributed by atoms with van der Waals surface area (Å²) in [4.78, 5) is 1.04. The quantitative estimate of drug-likeness (QED) is 0.591. The summed E-state index contributed by atoms with van der Waals surface area (Å²) in [5.41, 5.74) is 0. The molecular formula is C11H17BrClNO4S2. The molecule has 0 unspecified atom stereocenters. The Hall–Kier alpha value is 0.300. The average Bonchev–Trinajstić information content (AvgIpc) is 2.80. The molecule has 0 aromatic carbocycles. The topological polar surface area (TPSA) is 55.8 Å². The molecule has 20 heavy (non-hydrogen) atoms. The van der Waals surface area contributed by atoms with Crippen LogP contribution in [0.2, 0.25) is 0 Å². The monoisotopic (exact) mass is 405 g/mol. The predicted octanol–water partition coefficient (Wildman–Crippen LogP) is 2.53. The van der Waals surface area contributed by atoms with E-state index >= 15 is 0 Å². The molecule has 116 valence electrons. The molecule has 9 heteroatoms. The van der Waals surface area contributed by atoms with Gasteiger partial charge in [0.25, 0.3) is 0 Å². The van der Waals surface area contributed by atoms with Crippen molar-refractivity contribution >= 4 is 48.9 Å². The van der Waals surface area contributed by atoms with Crippen LogP contribution in [0.25, 0.3) is 0 Å². The number of thiophene rings is 1. The number of methoxy groups -OCH3 is 2. The van der Waals surface area contributed by atoms with E-state index < -0.39 is 10.0 Å². The van der Waals surface area contributed by atoms with Crippen molar-refractivity contribution in [3.8, 4) is 0 Å². The summed E-state index contributed by atoms with van der Waals surface area (Å²) in [5, 5.41) is 0.